The maximum absolute atomic E-state index is 8.43. The summed E-state index contributed by atoms with van der Waals surface area (Å²) in [7, 11) is 2.08. The molecule has 1 aromatic carbocycles. The lowest BCUT2D eigenvalue weighted by molar-refractivity contribution is 0.313. The van der Waals surface area contributed by atoms with E-state index in [1.165, 1.54) is 11.1 Å². The van der Waals surface area contributed by atoms with E-state index in [0.717, 1.165) is 25.2 Å². The number of fused-ring (bicyclic) bond motifs is 1. The highest BCUT2D eigenvalue weighted by molar-refractivity contribution is 5.51. The van der Waals surface area contributed by atoms with Crippen LogP contribution in [0, 0.1) is 0 Å². The second-order valence-electron chi connectivity index (χ2n) is 3.59. The monoisotopic (exact) mass is 188 g/mol. The average Bonchev–Trinajstić information content (AvgIpc) is 2.19. The second-order valence-corrected chi connectivity index (χ2v) is 3.59. The lowest BCUT2D eigenvalue weighted by atomic mass is 9.99. The van der Waals surface area contributed by atoms with Crippen molar-refractivity contribution >= 4 is 5.69 Å². The van der Waals surface area contributed by atoms with Gasteiger partial charge >= 0.3 is 0 Å². The minimum absolute atomic E-state index is 0.775. The Labute approximate surface area is 82.8 Å². The molecule has 0 spiro atoms. The van der Waals surface area contributed by atoms with Gasteiger partial charge in [0.15, 0.2) is 0 Å². The van der Waals surface area contributed by atoms with Crippen LogP contribution in [0.25, 0.3) is 10.4 Å². The number of hydrogen-bond donors (Lipinski definition) is 0. The molecule has 1 aliphatic rings. The van der Waals surface area contributed by atoms with Crippen LogP contribution in [0.2, 0.25) is 0 Å². The standard InChI is InChI=1S/C10H12N4/c1-14-6-5-8-3-2-4-10(12-13-11)9(8)7-14/h2-4H,5-7H2,1H3. The van der Waals surface area contributed by atoms with Crippen LogP contribution in [-0.4, -0.2) is 18.5 Å². The molecule has 1 heterocycles. The molecule has 0 bridgehead atoms. The van der Waals surface area contributed by atoms with E-state index in [2.05, 4.69) is 28.0 Å². The van der Waals surface area contributed by atoms with Gasteiger partial charge in [-0.3, -0.25) is 0 Å². The van der Waals surface area contributed by atoms with Crippen LogP contribution in [0.3, 0.4) is 0 Å². The summed E-state index contributed by atoms with van der Waals surface area (Å²) < 4.78 is 0. The number of rotatable bonds is 1. The molecule has 0 aromatic heterocycles. The van der Waals surface area contributed by atoms with E-state index >= 15 is 0 Å². The van der Waals surface area contributed by atoms with Gasteiger partial charge in [0.1, 0.15) is 0 Å². The Bertz CT molecular complexity index is 393. The second kappa shape index (κ2) is 3.70. The van der Waals surface area contributed by atoms with Crippen molar-refractivity contribution in [3.63, 3.8) is 0 Å². The Morgan fingerprint density at radius 3 is 3.14 bits per heavy atom. The Morgan fingerprint density at radius 2 is 2.36 bits per heavy atom. The van der Waals surface area contributed by atoms with Crippen LogP contribution in [-0.2, 0) is 13.0 Å². The molecular formula is C10H12N4. The number of nitrogens with zero attached hydrogens (tertiary/aromatic N) is 4. The van der Waals surface area contributed by atoms with Crippen molar-refractivity contribution in [2.24, 2.45) is 5.11 Å². The molecule has 1 aliphatic heterocycles. The third-order valence-corrected chi connectivity index (χ3v) is 2.59. The van der Waals surface area contributed by atoms with Gasteiger partial charge in [-0.2, -0.15) is 0 Å². The van der Waals surface area contributed by atoms with Crippen molar-refractivity contribution in [2.75, 3.05) is 13.6 Å². The van der Waals surface area contributed by atoms with Crippen molar-refractivity contribution in [1.82, 2.24) is 4.90 Å². The molecular weight excluding hydrogens is 176 g/mol. The summed E-state index contributed by atoms with van der Waals surface area (Å²) in [5.74, 6) is 0. The third kappa shape index (κ3) is 1.58. The van der Waals surface area contributed by atoms with Gasteiger partial charge in [-0.15, -0.1) is 0 Å². The lowest BCUT2D eigenvalue weighted by Crippen LogP contribution is -2.26. The molecule has 72 valence electrons. The van der Waals surface area contributed by atoms with Gasteiger partial charge < -0.3 is 4.90 Å². The van der Waals surface area contributed by atoms with Crippen LogP contribution in [0.1, 0.15) is 11.1 Å². The molecule has 0 radical (unpaired) electrons. The SMILES string of the molecule is CN1CCc2cccc(N=[N+]=[N-])c2C1. The van der Waals surface area contributed by atoms with Crippen molar-refractivity contribution in [1.29, 1.82) is 0 Å². The zero-order valence-corrected chi connectivity index (χ0v) is 8.14. The molecule has 0 unspecified atom stereocenters. The molecule has 0 amide bonds. The van der Waals surface area contributed by atoms with Gasteiger partial charge in [0.25, 0.3) is 0 Å². The minimum Gasteiger partial charge on any atom is -0.302 e. The summed E-state index contributed by atoms with van der Waals surface area (Å²) in [5, 5.41) is 3.71. The zero-order valence-electron chi connectivity index (χ0n) is 8.14. The summed E-state index contributed by atoms with van der Waals surface area (Å²) in [5.41, 5.74) is 11.7. The Hall–Kier alpha value is -1.51. The quantitative estimate of drug-likeness (QED) is 0.379. The molecule has 1 aromatic rings. The highest BCUT2D eigenvalue weighted by Crippen LogP contribution is 2.27. The molecule has 0 aliphatic carbocycles. The van der Waals surface area contributed by atoms with E-state index in [1.807, 2.05) is 12.1 Å². The van der Waals surface area contributed by atoms with Crippen LogP contribution < -0.4 is 0 Å². The first-order chi connectivity index (χ1) is 6.81. The number of hydrogen-bond acceptors (Lipinski definition) is 2. The van der Waals surface area contributed by atoms with Crippen LogP contribution in [0.4, 0.5) is 5.69 Å². The van der Waals surface area contributed by atoms with Crippen molar-refractivity contribution < 1.29 is 0 Å². The number of azide groups is 1. The predicted octanol–water partition coefficient (Wildman–Crippen LogP) is 2.62. The van der Waals surface area contributed by atoms with Crippen LogP contribution in [0.15, 0.2) is 23.3 Å². The molecule has 0 fully saturated rings. The lowest BCUT2D eigenvalue weighted by Gasteiger charge is -2.25. The largest absolute Gasteiger partial charge is 0.302 e. The van der Waals surface area contributed by atoms with Gasteiger partial charge in [0, 0.05) is 23.7 Å². The molecule has 4 heteroatoms. The molecule has 2 rings (SSSR count). The Morgan fingerprint density at radius 1 is 1.50 bits per heavy atom. The predicted molar refractivity (Wildman–Crippen MR) is 55.3 cm³/mol. The van der Waals surface area contributed by atoms with Crippen LogP contribution >= 0.6 is 0 Å². The van der Waals surface area contributed by atoms with Gasteiger partial charge in [-0.25, -0.2) is 0 Å². The smallest absolute Gasteiger partial charge is 0.0423 e. The summed E-state index contributed by atoms with van der Waals surface area (Å²) >= 11 is 0. The van der Waals surface area contributed by atoms with Gasteiger partial charge in [0.2, 0.25) is 0 Å². The van der Waals surface area contributed by atoms with Crippen molar-refractivity contribution in [3.8, 4) is 0 Å². The van der Waals surface area contributed by atoms with Crippen molar-refractivity contribution in [3.05, 3.63) is 39.8 Å². The summed E-state index contributed by atoms with van der Waals surface area (Å²) in [6.45, 7) is 1.96. The van der Waals surface area contributed by atoms with E-state index < -0.39 is 0 Å². The topological polar surface area (TPSA) is 52.0 Å². The van der Waals surface area contributed by atoms with Gasteiger partial charge in [-0.05, 0) is 30.1 Å². The highest BCUT2D eigenvalue weighted by Gasteiger charge is 2.14. The maximum Gasteiger partial charge on any atom is 0.0423 e. The number of likely N-dealkylation sites (N-methyl/N-ethyl adjacent to an activating group) is 1. The number of benzene rings is 1. The molecule has 0 saturated heterocycles. The first-order valence-corrected chi connectivity index (χ1v) is 4.65. The minimum atomic E-state index is 0.775. The molecule has 14 heavy (non-hydrogen) atoms. The van der Waals surface area contributed by atoms with E-state index in [1.54, 1.807) is 0 Å². The fourth-order valence-electron chi connectivity index (χ4n) is 1.84. The summed E-state index contributed by atoms with van der Waals surface area (Å²) in [4.78, 5) is 5.08. The van der Waals surface area contributed by atoms with E-state index in [4.69, 9.17) is 5.53 Å². The Kier molecular flexibility index (Phi) is 2.39. The van der Waals surface area contributed by atoms with Gasteiger partial charge in [-0.1, -0.05) is 23.3 Å². The maximum atomic E-state index is 8.43. The van der Waals surface area contributed by atoms with E-state index in [0.29, 0.717) is 0 Å². The molecule has 0 atom stereocenters. The first kappa shape index (κ1) is 9.06. The Balaban J connectivity index is 2.48. The molecule has 0 N–H and O–H groups in total. The first-order valence-electron chi connectivity index (χ1n) is 4.65. The van der Waals surface area contributed by atoms with Crippen LogP contribution in [0.5, 0.6) is 0 Å². The highest BCUT2D eigenvalue weighted by atomic mass is 15.1. The third-order valence-electron chi connectivity index (χ3n) is 2.59. The molecule has 0 saturated carbocycles. The fourth-order valence-corrected chi connectivity index (χ4v) is 1.84. The van der Waals surface area contributed by atoms with E-state index in [9.17, 15) is 0 Å². The summed E-state index contributed by atoms with van der Waals surface area (Å²) in [6, 6.07) is 5.94. The zero-order chi connectivity index (χ0) is 9.97. The normalized spacial score (nSPS) is 15.8. The van der Waals surface area contributed by atoms with Gasteiger partial charge in [0.05, 0.1) is 0 Å². The average molecular weight is 188 g/mol. The molecule has 4 nitrogen and oxygen atoms in total. The fraction of sp³-hybridized carbons (Fsp3) is 0.400. The summed E-state index contributed by atoms with van der Waals surface area (Å²) in [6.07, 6.45) is 1.04. The van der Waals surface area contributed by atoms with E-state index in [-0.39, 0.29) is 0 Å². The van der Waals surface area contributed by atoms with Crippen molar-refractivity contribution in [2.45, 2.75) is 13.0 Å².